The molecule has 0 saturated heterocycles. The lowest BCUT2D eigenvalue weighted by atomic mass is 10.0. The van der Waals surface area contributed by atoms with Gasteiger partial charge in [0.05, 0.1) is 26.9 Å². The number of rotatable bonds is 8. The number of ether oxygens (including phenoxy) is 3. The molecule has 2 aromatic rings. The van der Waals surface area contributed by atoms with E-state index in [0.29, 0.717) is 23.7 Å². The first-order chi connectivity index (χ1) is 12.1. The molecular formula is C20H25NO4. The van der Waals surface area contributed by atoms with Crippen LogP contribution >= 0.6 is 0 Å². The van der Waals surface area contributed by atoms with Crippen LogP contribution in [0.25, 0.3) is 0 Å². The van der Waals surface area contributed by atoms with E-state index in [-0.39, 0.29) is 11.9 Å². The molecule has 0 saturated carbocycles. The maximum Gasteiger partial charge on any atom is 0.251 e. The van der Waals surface area contributed by atoms with Crippen molar-refractivity contribution in [2.24, 2.45) is 0 Å². The molecule has 1 atom stereocenters. The molecule has 2 rings (SSSR count). The van der Waals surface area contributed by atoms with Crippen LogP contribution in [0.2, 0.25) is 0 Å². The maximum absolute atomic E-state index is 12.6. The van der Waals surface area contributed by atoms with Gasteiger partial charge in [0.15, 0.2) is 11.5 Å². The Hall–Kier alpha value is -2.69. The molecule has 0 radical (unpaired) electrons. The zero-order chi connectivity index (χ0) is 18.2. The molecule has 134 valence electrons. The standard InChI is InChI=1S/C20H25NO4/c1-5-17(14-7-10-16(23-3)11-8-14)21-20(22)15-9-12-18(24-4)19(13-15)25-6-2/h7-13,17H,5-6H2,1-4H3,(H,21,22). The van der Waals surface area contributed by atoms with Crippen molar-refractivity contribution in [2.75, 3.05) is 20.8 Å². The van der Waals surface area contributed by atoms with Crippen LogP contribution in [0.3, 0.4) is 0 Å². The van der Waals surface area contributed by atoms with Gasteiger partial charge in [0.25, 0.3) is 5.91 Å². The highest BCUT2D eigenvalue weighted by Crippen LogP contribution is 2.28. The van der Waals surface area contributed by atoms with Gasteiger partial charge in [0.1, 0.15) is 5.75 Å². The predicted octanol–water partition coefficient (Wildman–Crippen LogP) is 3.98. The Morgan fingerprint density at radius 1 is 1.00 bits per heavy atom. The smallest absolute Gasteiger partial charge is 0.251 e. The Bertz CT molecular complexity index is 697. The highest BCUT2D eigenvalue weighted by atomic mass is 16.5. The summed E-state index contributed by atoms with van der Waals surface area (Å²) in [6, 6.07) is 12.8. The van der Waals surface area contributed by atoms with Gasteiger partial charge in [-0.25, -0.2) is 0 Å². The van der Waals surface area contributed by atoms with Crippen molar-refractivity contribution in [1.29, 1.82) is 0 Å². The third-order valence-corrected chi connectivity index (χ3v) is 3.96. The number of amides is 1. The fourth-order valence-electron chi connectivity index (χ4n) is 2.59. The minimum atomic E-state index is -0.147. The third kappa shape index (κ3) is 4.66. The second-order valence-corrected chi connectivity index (χ2v) is 5.51. The molecular weight excluding hydrogens is 318 g/mol. The number of hydrogen-bond acceptors (Lipinski definition) is 4. The maximum atomic E-state index is 12.6. The monoisotopic (exact) mass is 343 g/mol. The number of hydrogen-bond donors (Lipinski definition) is 1. The Kier molecular flexibility index (Phi) is 6.69. The summed E-state index contributed by atoms with van der Waals surface area (Å²) >= 11 is 0. The molecule has 0 aliphatic heterocycles. The molecule has 0 aliphatic carbocycles. The summed E-state index contributed by atoms with van der Waals surface area (Å²) in [6.07, 6.45) is 0.784. The Morgan fingerprint density at radius 3 is 2.28 bits per heavy atom. The first-order valence-electron chi connectivity index (χ1n) is 8.38. The zero-order valence-electron chi connectivity index (χ0n) is 15.2. The van der Waals surface area contributed by atoms with Gasteiger partial charge in [-0.1, -0.05) is 19.1 Å². The highest BCUT2D eigenvalue weighted by molar-refractivity contribution is 5.95. The molecule has 1 amide bonds. The van der Waals surface area contributed by atoms with E-state index in [2.05, 4.69) is 5.32 Å². The zero-order valence-corrected chi connectivity index (χ0v) is 15.2. The summed E-state index contributed by atoms with van der Waals surface area (Å²) < 4.78 is 16.0. The fourth-order valence-corrected chi connectivity index (χ4v) is 2.59. The van der Waals surface area contributed by atoms with Crippen molar-refractivity contribution >= 4 is 5.91 Å². The average Bonchev–Trinajstić information content (AvgIpc) is 2.66. The van der Waals surface area contributed by atoms with E-state index in [1.54, 1.807) is 32.4 Å². The van der Waals surface area contributed by atoms with Crippen LogP contribution in [-0.2, 0) is 0 Å². The van der Waals surface area contributed by atoms with Gasteiger partial charge >= 0.3 is 0 Å². The van der Waals surface area contributed by atoms with Gasteiger partial charge in [-0.05, 0) is 49.2 Å². The van der Waals surface area contributed by atoms with Crippen LogP contribution < -0.4 is 19.5 Å². The average molecular weight is 343 g/mol. The number of methoxy groups -OCH3 is 2. The van der Waals surface area contributed by atoms with Gasteiger partial charge in [-0.15, -0.1) is 0 Å². The second-order valence-electron chi connectivity index (χ2n) is 5.51. The number of nitrogens with one attached hydrogen (secondary N) is 1. The molecule has 0 aliphatic rings. The Balaban J connectivity index is 2.17. The molecule has 2 aromatic carbocycles. The lowest BCUT2D eigenvalue weighted by Crippen LogP contribution is -2.28. The molecule has 0 heterocycles. The third-order valence-electron chi connectivity index (χ3n) is 3.96. The minimum Gasteiger partial charge on any atom is -0.497 e. The van der Waals surface area contributed by atoms with Crippen LogP contribution in [0, 0.1) is 0 Å². The van der Waals surface area contributed by atoms with Crippen molar-refractivity contribution in [1.82, 2.24) is 5.32 Å². The first kappa shape index (κ1) is 18.6. The number of carbonyl (C=O) groups is 1. The lowest BCUT2D eigenvalue weighted by molar-refractivity contribution is 0.0935. The van der Waals surface area contributed by atoms with Gasteiger partial charge in [-0.3, -0.25) is 4.79 Å². The molecule has 0 spiro atoms. The van der Waals surface area contributed by atoms with E-state index in [1.807, 2.05) is 38.1 Å². The molecule has 5 heteroatoms. The predicted molar refractivity (Wildman–Crippen MR) is 97.7 cm³/mol. The van der Waals surface area contributed by atoms with Crippen molar-refractivity contribution in [3.05, 3.63) is 53.6 Å². The van der Waals surface area contributed by atoms with Crippen LogP contribution in [0.1, 0.15) is 42.2 Å². The van der Waals surface area contributed by atoms with Crippen molar-refractivity contribution in [3.8, 4) is 17.2 Å². The summed E-state index contributed by atoms with van der Waals surface area (Å²) in [5.41, 5.74) is 1.58. The van der Waals surface area contributed by atoms with Crippen molar-refractivity contribution < 1.29 is 19.0 Å². The van der Waals surface area contributed by atoms with Crippen molar-refractivity contribution in [2.45, 2.75) is 26.3 Å². The van der Waals surface area contributed by atoms with E-state index >= 15 is 0 Å². The van der Waals surface area contributed by atoms with Gasteiger partial charge in [-0.2, -0.15) is 0 Å². The van der Waals surface area contributed by atoms with E-state index in [4.69, 9.17) is 14.2 Å². The summed E-state index contributed by atoms with van der Waals surface area (Å²) in [5, 5.41) is 3.07. The van der Waals surface area contributed by atoms with E-state index in [9.17, 15) is 4.79 Å². The van der Waals surface area contributed by atoms with E-state index in [0.717, 1.165) is 17.7 Å². The first-order valence-corrected chi connectivity index (χ1v) is 8.38. The molecule has 1 unspecified atom stereocenters. The minimum absolute atomic E-state index is 0.0731. The summed E-state index contributed by atoms with van der Waals surface area (Å²) in [7, 11) is 3.21. The highest BCUT2D eigenvalue weighted by Gasteiger charge is 2.16. The SMILES string of the molecule is CCOc1cc(C(=O)NC(CC)c2ccc(OC)cc2)ccc1OC. The summed E-state index contributed by atoms with van der Waals surface area (Å²) in [4.78, 5) is 12.6. The van der Waals surface area contributed by atoms with Crippen LogP contribution in [0.4, 0.5) is 0 Å². The Morgan fingerprint density at radius 2 is 1.72 bits per heavy atom. The second kappa shape index (κ2) is 8.97. The fraction of sp³-hybridized carbons (Fsp3) is 0.350. The van der Waals surface area contributed by atoms with Crippen LogP contribution in [0.15, 0.2) is 42.5 Å². The van der Waals surface area contributed by atoms with Gasteiger partial charge < -0.3 is 19.5 Å². The molecule has 0 bridgehead atoms. The number of carbonyl (C=O) groups excluding carboxylic acids is 1. The van der Waals surface area contributed by atoms with Gasteiger partial charge in [0, 0.05) is 5.56 Å². The molecule has 1 N–H and O–H groups in total. The summed E-state index contributed by atoms with van der Waals surface area (Å²) in [5.74, 6) is 1.82. The molecule has 0 fully saturated rings. The Labute approximate surface area is 148 Å². The summed E-state index contributed by atoms with van der Waals surface area (Å²) in [6.45, 7) is 4.43. The molecule has 5 nitrogen and oxygen atoms in total. The van der Waals surface area contributed by atoms with Crippen LogP contribution in [-0.4, -0.2) is 26.7 Å². The quantitative estimate of drug-likeness (QED) is 0.787. The van der Waals surface area contributed by atoms with E-state index < -0.39 is 0 Å². The van der Waals surface area contributed by atoms with E-state index in [1.165, 1.54) is 0 Å². The largest absolute Gasteiger partial charge is 0.497 e. The number of benzene rings is 2. The molecule has 25 heavy (non-hydrogen) atoms. The van der Waals surface area contributed by atoms with Crippen LogP contribution in [0.5, 0.6) is 17.2 Å². The lowest BCUT2D eigenvalue weighted by Gasteiger charge is -2.18. The van der Waals surface area contributed by atoms with Crippen molar-refractivity contribution in [3.63, 3.8) is 0 Å². The van der Waals surface area contributed by atoms with Gasteiger partial charge in [0.2, 0.25) is 0 Å². The normalized spacial score (nSPS) is 11.5. The molecule has 0 aromatic heterocycles. The topological polar surface area (TPSA) is 56.8 Å².